The number of hydrogen-bond donors (Lipinski definition) is 2. The summed E-state index contributed by atoms with van der Waals surface area (Å²) in [6.45, 7) is 6.72. The zero-order valence-corrected chi connectivity index (χ0v) is 13.7. The van der Waals surface area contributed by atoms with Gasteiger partial charge in [0.05, 0.1) is 6.54 Å². The molecule has 1 saturated heterocycles. The molecule has 0 unspecified atom stereocenters. The fraction of sp³-hybridized carbons (Fsp3) is 0.769. The Morgan fingerprint density at radius 2 is 2.06 bits per heavy atom. The largest absolute Gasteiger partial charge is 0.357 e. The first kappa shape index (κ1) is 17.5. The van der Waals surface area contributed by atoms with E-state index in [-0.39, 0.29) is 24.0 Å². The molecule has 4 nitrogen and oxygen atoms in total. The number of rotatable bonds is 4. The Balaban J connectivity index is 0.00000289. The molecule has 0 bridgehead atoms. The van der Waals surface area contributed by atoms with E-state index in [0.717, 1.165) is 19.0 Å². The molecule has 18 heavy (non-hydrogen) atoms. The lowest BCUT2D eigenvalue weighted by Gasteiger charge is -2.28. The van der Waals surface area contributed by atoms with Crippen LogP contribution in [0.15, 0.2) is 4.99 Å². The van der Waals surface area contributed by atoms with Crippen molar-refractivity contribution in [2.75, 3.05) is 39.8 Å². The Morgan fingerprint density at radius 1 is 1.39 bits per heavy atom. The van der Waals surface area contributed by atoms with Gasteiger partial charge in [-0.15, -0.1) is 30.4 Å². The molecule has 0 amide bonds. The van der Waals surface area contributed by atoms with Gasteiger partial charge in [0.2, 0.25) is 0 Å². The Bertz CT molecular complexity index is 277. The maximum atomic E-state index is 5.23. The van der Waals surface area contributed by atoms with E-state index in [0.29, 0.717) is 12.5 Å². The number of likely N-dealkylation sites (tertiary alicyclic amines) is 1. The highest BCUT2D eigenvalue weighted by atomic mass is 127. The minimum Gasteiger partial charge on any atom is -0.357 e. The molecule has 0 aromatic carbocycles. The average Bonchev–Trinajstić information content (AvgIpc) is 2.35. The van der Waals surface area contributed by atoms with Crippen molar-refractivity contribution in [3.8, 4) is 12.3 Å². The second-order valence-electron chi connectivity index (χ2n) is 4.52. The van der Waals surface area contributed by atoms with Crippen LogP contribution in [0.2, 0.25) is 0 Å². The monoisotopic (exact) mass is 364 g/mol. The van der Waals surface area contributed by atoms with Crippen molar-refractivity contribution in [1.82, 2.24) is 15.5 Å². The Morgan fingerprint density at radius 3 is 2.61 bits per heavy atom. The van der Waals surface area contributed by atoms with E-state index in [9.17, 15) is 0 Å². The van der Waals surface area contributed by atoms with Crippen molar-refractivity contribution in [3.63, 3.8) is 0 Å². The lowest BCUT2D eigenvalue weighted by molar-refractivity contribution is 0.223. The van der Waals surface area contributed by atoms with Crippen molar-refractivity contribution < 1.29 is 0 Å². The van der Waals surface area contributed by atoms with Crippen LogP contribution >= 0.6 is 24.0 Å². The number of aliphatic imine (C=N–C) groups is 1. The normalized spacial score (nSPS) is 17.7. The van der Waals surface area contributed by atoms with Crippen LogP contribution in [0.25, 0.3) is 0 Å². The van der Waals surface area contributed by atoms with E-state index in [1.54, 1.807) is 0 Å². The summed E-state index contributed by atoms with van der Waals surface area (Å²) in [5.74, 6) is 4.11. The second kappa shape index (κ2) is 10.4. The SMILES string of the molecule is C#CCNC(=NCC1CCN(C)CC1)NCC.I. The molecule has 1 rings (SSSR count). The summed E-state index contributed by atoms with van der Waals surface area (Å²) in [6.07, 6.45) is 7.72. The quantitative estimate of drug-likeness (QED) is 0.340. The summed E-state index contributed by atoms with van der Waals surface area (Å²) in [7, 11) is 2.18. The van der Waals surface area contributed by atoms with Gasteiger partial charge >= 0.3 is 0 Å². The third-order valence-corrected chi connectivity index (χ3v) is 3.05. The average molecular weight is 364 g/mol. The molecule has 5 heteroatoms. The summed E-state index contributed by atoms with van der Waals surface area (Å²) < 4.78 is 0. The van der Waals surface area contributed by atoms with Crippen molar-refractivity contribution in [1.29, 1.82) is 0 Å². The number of piperidine rings is 1. The number of nitrogens with one attached hydrogen (secondary N) is 2. The van der Waals surface area contributed by atoms with Gasteiger partial charge < -0.3 is 15.5 Å². The van der Waals surface area contributed by atoms with Gasteiger partial charge in [-0.3, -0.25) is 4.99 Å². The molecular formula is C13H25IN4. The Kier molecular flexibility index (Phi) is 10.2. The van der Waals surface area contributed by atoms with Crippen molar-refractivity contribution >= 4 is 29.9 Å². The van der Waals surface area contributed by atoms with E-state index in [4.69, 9.17) is 6.42 Å². The maximum Gasteiger partial charge on any atom is 0.192 e. The number of guanidine groups is 1. The first-order valence-electron chi connectivity index (χ1n) is 6.40. The van der Waals surface area contributed by atoms with Crippen LogP contribution in [-0.4, -0.2) is 50.6 Å². The predicted octanol–water partition coefficient (Wildman–Crippen LogP) is 1.13. The molecule has 0 aromatic rings. The minimum absolute atomic E-state index is 0. The van der Waals surface area contributed by atoms with E-state index in [1.807, 2.05) is 0 Å². The summed E-state index contributed by atoms with van der Waals surface area (Å²) in [4.78, 5) is 6.96. The van der Waals surface area contributed by atoms with Crippen LogP contribution in [0.1, 0.15) is 19.8 Å². The molecule has 1 aliphatic heterocycles. The standard InChI is InChI=1S/C13H24N4.HI/c1-4-8-15-13(14-5-2)16-11-12-6-9-17(3)10-7-12;/h1,12H,5-11H2,2-3H3,(H2,14,15,16);1H. The highest BCUT2D eigenvalue weighted by molar-refractivity contribution is 14.0. The van der Waals surface area contributed by atoms with Gasteiger partial charge in [0.25, 0.3) is 0 Å². The zero-order chi connectivity index (χ0) is 12.5. The van der Waals surface area contributed by atoms with Crippen LogP contribution in [-0.2, 0) is 0 Å². The third kappa shape index (κ3) is 7.07. The highest BCUT2D eigenvalue weighted by Crippen LogP contribution is 2.15. The third-order valence-electron chi connectivity index (χ3n) is 3.05. The summed E-state index contributed by atoms with van der Waals surface area (Å²) in [5, 5.41) is 6.31. The molecule has 0 aliphatic carbocycles. The molecule has 2 N–H and O–H groups in total. The molecule has 1 aliphatic rings. The highest BCUT2D eigenvalue weighted by Gasteiger charge is 2.16. The molecule has 0 atom stereocenters. The first-order valence-corrected chi connectivity index (χ1v) is 6.40. The second-order valence-corrected chi connectivity index (χ2v) is 4.52. The van der Waals surface area contributed by atoms with Gasteiger partial charge in [-0.1, -0.05) is 5.92 Å². The Hall–Kier alpha value is -0.480. The fourth-order valence-corrected chi connectivity index (χ4v) is 1.94. The van der Waals surface area contributed by atoms with Crippen LogP contribution < -0.4 is 10.6 Å². The molecule has 0 aromatic heterocycles. The minimum atomic E-state index is 0. The van der Waals surface area contributed by atoms with E-state index in [2.05, 4.69) is 40.4 Å². The number of halogens is 1. The Labute approximate surface area is 128 Å². The molecule has 0 saturated carbocycles. The van der Waals surface area contributed by atoms with Gasteiger partial charge in [-0.25, -0.2) is 0 Å². The van der Waals surface area contributed by atoms with Gasteiger partial charge in [0.15, 0.2) is 5.96 Å². The number of nitrogens with zero attached hydrogens (tertiary/aromatic N) is 2. The van der Waals surface area contributed by atoms with Crippen molar-refractivity contribution in [2.45, 2.75) is 19.8 Å². The summed E-state index contributed by atoms with van der Waals surface area (Å²) in [6, 6.07) is 0. The summed E-state index contributed by atoms with van der Waals surface area (Å²) in [5.41, 5.74) is 0. The molecule has 0 radical (unpaired) electrons. The van der Waals surface area contributed by atoms with E-state index < -0.39 is 0 Å². The smallest absolute Gasteiger partial charge is 0.192 e. The van der Waals surface area contributed by atoms with Gasteiger partial charge in [0, 0.05) is 13.1 Å². The van der Waals surface area contributed by atoms with E-state index >= 15 is 0 Å². The van der Waals surface area contributed by atoms with Crippen LogP contribution in [0.5, 0.6) is 0 Å². The molecular weight excluding hydrogens is 339 g/mol. The van der Waals surface area contributed by atoms with Gasteiger partial charge in [0.1, 0.15) is 0 Å². The lowest BCUT2D eigenvalue weighted by Crippen LogP contribution is -2.38. The topological polar surface area (TPSA) is 39.7 Å². The van der Waals surface area contributed by atoms with Crippen LogP contribution in [0.3, 0.4) is 0 Å². The predicted molar refractivity (Wildman–Crippen MR) is 88.5 cm³/mol. The molecule has 1 heterocycles. The van der Waals surface area contributed by atoms with Gasteiger partial charge in [-0.05, 0) is 45.8 Å². The number of terminal acetylenes is 1. The van der Waals surface area contributed by atoms with Crippen LogP contribution in [0.4, 0.5) is 0 Å². The lowest BCUT2D eigenvalue weighted by atomic mass is 9.97. The summed E-state index contributed by atoms with van der Waals surface area (Å²) >= 11 is 0. The number of hydrogen-bond acceptors (Lipinski definition) is 2. The fourth-order valence-electron chi connectivity index (χ4n) is 1.94. The zero-order valence-electron chi connectivity index (χ0n) is 11.4. The van der Waals surface area contributed by atoms with Gasteiger partial charge in [-0.2, -0.15) is 0 Å². The van der Waals surface area contributed by atoms with Crippen LogP contribution in [0, 0.1) is 18.3 Å². The molecule has 1 fully saturated rings. The van der Waals surface area contributed by atoms with E-state index in [1.165, 1.54) is 25.9 Å². The molecule has 104 valence electrons. The first-order chi connectivity index (χ1) is 8.26. The van der Waals surface area contributed by atoms with Crippen molar-refractivity contribution in [3.05, 3.63) is 0 Å². The van der Waals surface area contributed by atoms with Crippen molar-refractivity contribution in [2.24, 2.45) is 10.9 Å². The molecule has 0 spiro atoms. The maximum absolute atomic E-state index is 5.23.